The molecule has 0 spiro atoms. The summed E-state index contributed by atoms with van der Waals surface area (Å²) in [4.78, 5) is 60.0. The van der Waals surface area contributed by atoms with Gasteiger partial charge in [0.25, 0.3) is 11.8 Å². The Morgan fingerprint density at radius 3 is 2.31 bits per heavy atom. The third kappa shape index (κ3) is 4.82. The molecule has 8 rings (SSSR count). The number of ether oxygens (including phenoxy) is 1. The number of rotatable bonds is 6. The van der Waals surface area contributed by atoms with Crippen LogP contribution in [0.4, 0.5) is 11.4 Å². The lowest BCUT2D eigenvalue weighted by molar-refractivity contribution is -0.138. The number of benzene rings is 4. The van der Waals surface area contributed by atoms with Gasteiger partial charge in [0, 0.05) is 22.6 Å². The van der Waals surface area contributed by atoms with Gasteiger partial charge in [0.15, 0.2) is 0 Å². The molecule has 6 atom stereocenters. The number of carbonyl (C=O) groups is 4. The average molecular weight is 702 g/mol. The second-order valence-corrected chi connectivity index (χ2v) is 14.4. The SMILES string of the molecule is COc1cc(O)ccc1C1C2=CCC3C(=O)N(c4ccc(C)c(Cl)c4)C(=O)C3C2CC2C(=O)N(Nc3ccc(C)cc3)C(=O)C21c1ccccc1. The first-order valence-corrected chi connectivity index (χ1v) is 17.4. The first-order valence-electron chi connectivity index (χ1n) is 17.0. The predicted molar refractivity (Wildman–Crippen MR) is 192 cm³/mol. The number of halogens is 1. The van der Waals surface area contributed by atoms with Crippen molar-refractivity contribution in [2.45, 2.75) is 38.0 Å². The maximum Gasteiger partial charge on any atom is 0.260 e. The van der Waals surface area contributed by atoms with Crippen LogP contribution >= 0.6 is 11.6 Å². The Bertz CT molecular complexity index is 2150. The molecule has 2 aliphatic heterocycles. The van der Waals surface area contributed by atoms with Gasteiger partial charge in [-0.1, -0.05) is 83.4 Å². The number of methoxy groups -OCH3 is 1. The van der Waals surface area contributed by atoms with Crippen molar-refractivity contribution in [2.24, 2.45) is 23.7 Å². The minimum Gasteiger partial charge on any atom is -0.508 e. The zero-order valence-corrected chi connectivity index (χ0v) is 29.1. The number of anilines is 2. The molecule has 1 saturated carbocycles. The summed E-state index contributed by atoms with van der Waals surface area (Å²) in [7, 11) is 1.49. The number of hydrogen-bond donors (Lipinski definition) is 2. The van der Waals surface area contributed by atoms with Gasteiger partial charge >= 0.3 is 0 Å². The molecule has 9 nitrogen and oxygen atoms in total. The molecule has 0 bridgehead atoms. The minimum absolute atomic E-state index is 0.0218. The van der Waals surface area contributed by atoms with Crippen molar-refractivity contribution < 1.29 is 29.0 Å². The highest BCUT2D eigenvalue weighted by atomic mass is 35.5. The van der Waals surface area contributed by atoms with Crippen LogP contribution in [0.3, 0.4) is 0 Å². The molecule has 10 heteroatoms. The van der Waals surface area contributed by atoms with Crippen LogP contribution in [0, 0.1) is 37.5 Å². The lowest BCUT2D eigenvalue weighted by Crippen LogP contribution is -2.53. The molecule has 3 fully saturated rings. The van der Waals surface area contributed by atoms with Crippen LogP contribution in [-0.4, -0.2) is 40.9 Å². The van der Waals surface area contributed by atoms with E-state index in [-0.39, 0.29) is 30.4 Å². The largest absolute Gasteiger partial charge is 0.508 e. The normalized spacial score (nSPS) is 26.8. The molecule has 6 unspecified atom stereocenters. The Morgan fingerprint density at radius 1 is 0.863 bits per heavy atom. The van der Waals surface area contributed by atoms with Gasteiger partial charge in [0.2, 0.25) is 11.8 Å². The van der Waals surface area contributed by atoms with Crippen LogP contribution < -0.4 is 15.1 Å². The van der Waals surface area contributed by atoms with Gasteiger partial charge in [0.05, 0.1) is 41.7 Å². The van der Waals surface area contributed by atoms with Gasteiger partial charge in [-0.3, -0.25) is 24.6 Å². The number of aromatic hydroxyl groups is 1. The smallest absolute Gasteiger partial charge is 0.260 e. The first kappa shape index (κ1) is 32.8. The second-order valence-electron chi connectivity index (χ2n) is 14.0. The van der Waals surface area contributed by atoms with E-state index in [1.54, 1.807) is 24.3 Å². The Hall–Kier alpha value is -5.41. The molecular weight excluding hydrogens is 666 g/mol. The molecule has 51 heavy (non-hydrogen) atoms. The lowest BCUT2D eigenvalue weighted by atomic mass is 9.49. The molecule has 4 aromatic carbocycles. The Labute approximate surface area is 300 Å². The summed E-state index contributed by atoms with van der Waals surface area (Å²) < 4.78 is 5.85. The molecular formula is C41H36ClN3O6. The fourth-order valence-corrected chi connectivity index (χ4v) is 9.18. The quantitative estimate of drug-likeness (QED) is 0.167. The number of imide groups is 2. The molecule has 4 aromatic rings. The summed E-state index contributed by atoms with van der Waals surface area (Å²) in [5.41, 5.74) is 6.52. The first-order chi connectivity index (χ1) is 24.6. The van der Waals surface area contributed by atoms with Gasteiger partial charge in [-0.2, -0.15) is 5.01 Å². The third-order valence-corrected chi connectivity index (χ3v) is 11.7. The number of amides is 4. The van der Waals surface area contributed by atoms with E-state index < -0.39 is 46.8 Å². The Balaban J connectivity index is 1.33. The van der Waals surface area contributed by atoms with Crippen molar-refractivity contribution in [1.29, 1.82) is 0 Å². The number of nitrogens with one attached hydrogen (secondary N) is 1. The van der Waals surface area contributed by atoms with Crippen LogP contribution in [-0.2, 0) is 24.6 Å². The van der Waals surface area contributed by atoms with Crippen LogP contribution in [0.15, 0.2) is 103 Å². The standard InChI is InChI=1S/C41H36ClN3O6/c1-22-9-12-25(13-10-22)43-45-38(48)32-21-31-28(17-18-30-35(31)39(49)44(37(30)47)26-14-11-23(2)33(42)19-26)36(29-16-15-27(46)20-34(29)51-3)41(32,40(45)50)24-7-5-4-6-8-24/h4-17,19-20,30-32,35-36,43,46H,18,21H2,1-3H3. The fourth-order valence-electron chi connectivity index (χ4n) is 9.01. The number of allylic oxidation sites excluding steroid dienone is 2. The zero-order valence-electron chi connectivity index (χ0n) is 28.3. The fraction of sp³-hybridized carbons (Fsp3) is 0.268. The van der Waals surface area contributed by atoms with Crippen LogP contribution in [0.2, 0.25) is 5.02 Å². The van der Waals surface area contributed by atoms with E-state index in [0.29, 0.717) is 33.3 Å². The van der Waals surface area contributed by atoms with E-state index in [1.807, 2.05) is 74.5 Å². The Morgan fingerprint density at radius 2 is 1.61 bits per heavy atom. The summed E-state index contributed by atoms with van der Waals surface area (Å²) in [5.74, 6) is -4.86. The van der Waals surface area contributed by atoms with Gasteiger partial charge < -0.3 is 9.84 Å². The molecule has 258 valence electrons. The lowest BCUT2D eigenvalue weighted by Gasteiger charge is -2.50. The highest BCUT2D eigenvalue weighted by Gasteiger charge is 2.70. The van der Waals surface area contributed by atoms with E-state index in [1.165, 1.54) is 24.1 Å². The number of fused-ring (bicyclic) bond motifs is 4. The van der Waals surface area contributed by atoms with E-state index in [2.05, 4.69) is 5.43 Å². The van der Waals surface area contributed by atoms with E-state index in [0.717, 1.165) is 21.7 Å². The molecule has 2 aliphatic carbocycles. The number of hydrogen-bond acceptors (Lipinski definition) is 7. The third-order valence-electron chi connectivity index (χ3n) is 11.3. The van der Waals surface area contributed by atoms with Crippen molar-refractivity contribution >= 4 is 46.6 Å². The van der Waals surface area contributed by atoms with Gasteiger partial charge in [0.1, 0.15) is 11.5 Å². The summed E-state index contributed by atoms with van der Waals surface area (Å²) in [5, 5.41) is 12.1. The van der Waals surface area contributed by atoms with Crippen LogP contribution in [0.5, 0.6) is 11.5 Å². The molecule has 4 amide bonds. The number of nitrogens with zero attached hydrogens (tertiary/aromatic N) is 2. The van der Waals surface area contributed by atoms with E-state index >= 15 is 4.79 Å². The van der Waals surface area contributed by atoms with Crippen molar-refractivity contribution in [2.75, 3.05) is 17.4 Å². The van der Waals surface area contributed by atoms with Crippen molar-refractivity contribution in [1.82, 2.24) is 5.01 Å². The number of aryl methyl sites for hydroxylation is 2. The van der Waals surface area contributed by atoms with Crippen LogP contribution in [0.25, 0.3) is 0 Å². The van der Waals surface area contributed by atoms with Gasteiger partial charge in [-0.25, -0.2) is 4.90 Å². The maximum absolute atomic E-state index is 15.3. The number of hydrazine groups is 1. The molecule has 4 aliphatic rings. The van der Waals surface area contributed by atoms with Crippen molar-refractivity contribution in [3.05, 3.63) is 130 Å². The number of phenolic OH excluding ortho intramolecular Hbond substituents is 1. The van der Waals surface area contributed by atoms with Gasteiger partial charge in [-0.15, -0.1) is 0 Å². The average Bonchev–Trinajstić information content (AvgIpc) is 3.51. The van der Waals surface area contributed by atoms with Gasteiger partial charge in [-0.05, 0) is 74.1 Å². The summed E-state index contributed by atoms with van der Waals surface area (Å²) in [6.45, 7) is 3.81. The molecule has 0 aromatic heterocycles. The molecule has 0 radical (unpaired) electrons. The van der Waals surface area contributed by atoms with E-state index in [9.17, 15) is 19.5 Å². The van der Waals surface area contributed by atoms with Crippen molar-refractivity contribution in [3.63, 3.8) is 0 Å². The highest BCUT2D eigenvalue weighted by Crippen LogP contribution is 2.65. The predicted octanol–water partition coefficient (Wildman–Crippen LogP) is 6.86. The number of carbonyl (C=O) groups excluding carboxylic acids is 4. The monoisotopic (exact) mass is 701 g/mol. The molecule has 2 N–H and O–H groups in total. The second kappa shape index (κ2) is 12.1. The zero-order chi connectivity index (χ0) is 35.8. The van der Waals surface area contributed by atoms with Crippen LogP contribution in [0.1, 0.15) is 41.0 Å². The topological polar surface area (TPSA) is 116 Å². The van der Waals surface area contributed by atoms with E-state index in [4.69, 9.17) is 16.3 Å². The summed E-state index contributed by atoms with van der Waals surface area (Å²) in [6, 6.07) is 26.6. The molecule has 2 heterocycles. The summed E-state index contributed by atoms with van der Waals surface area (Å²) >= 11 is 6.45. The minimum atomic E-state index is -1.45. The highest BCUT2D eigenvalue weighted by molar-refractivity contribution is 6.32. The molecule has 2 saturated heterocycles. The van der Waals surface area contributed by atoms with Crippen molar-refractivity contribution in [3.8, 4) is 11.5 Å². The maximum atomic E-state index is 15.3. The number of phenols is 1. The summed E-state index contributed by atoms with van der Waals surface area (Å²) in [6.07, 6.45) is 2.43. The Kier molecular flexibility index (Phi) is 7.79.